The first-order valence-corrected chi connectivity index (χ1v) is 23.3. The number of hydrogen-bond donors (Lipinski definition) is 8. The second-order valence-electron chi connectivity index (χ2n) is 18.1. The van der Waals surface area contributed by atoms with Crippen molar-refractivity contribution in [3.63, 3.8) is 0 Å². The van der Waals surface area contributed by atoms with Gasteiger partial charge < -0.3 is 53.3 Å². The summed E-state index contributed by atoms with van der Waals surface area (Å²) in [5.74, 6) is -3.71. The predicted molar refractivity (Wildman–Crippen MR) is 248 cm³/mol. The zero-order valence-corrected chi connectivity index (χ0v) is 38.4. The number of likely N-dealkylation sites (tertiary alicyclic amines) is 2. The van der Waals surface area contributed by atoms with Crippen LogP contribution in [-0.2, 0) is 46.4 Å². The monoisotopic (exact) mass is 899 g/mol. The van der Waals surface area contributed by atoms with E-state index in [1.807, 2.05) is 82.3 Å². The lowest BCUT2D eigenvalue weighted by atomic mass is 9.96. The summed E-state index contributed by atoms with van der Waals surface area (Å²) >= 11 is 0. The molecule has 65 heavy (non-hydrogen) atoms. The molecule has 2 aromatic carbocycles. The number of carbonyl (C=O) groups is 7. The minimum atomic E-state index is -1.18. The molecule has 0 aliphatic carbocycles. The van der Waals surface area contributed by atoms with Crippen LogP contribution in [0.3, 0.4) is 0 Å². The lowest BCUT2D eigenvalue weighted by molar-refractivity contribution is -0.148. The smallest absolute Gasteiger partial charge is 0.246 e. The van der Waals surface area contributed by atoms with Crippen molar-refractivity contribution < 1.29 is 33.6 Å². The number of rotatable bonds is 23. The number of carbonyl (C=O) groups excluding carboxylic acids is 7. The van der Waals surface area contributed by atoms with Gasteiger partial charge in [-0.15, -0.1) is 0 Å². The van der Waals surface area contributed by atoms with E-state index < -0.39 is 71.8 Å². The second kappa shape index (κ2) is 23.9. The van der Waals surface area contributed by atoms with Gasteiger partial charge >= 0.3 is 0 Å². The number of amides is 7. The highest BCUT2D eigenvalue weighted by Gasteiger charge is 2.45. The van der Waals surface area contributed by atoms with Crippen molar-refractivity contribution in [2.45, 2.75) is 141 Å². The molecular formula is C48H70N10O7. The van der Waals surface area contributed by atoms with Gasteiger partial charge in [0.2, 0.25) is 41.4 Å². The van der Waals surface area contributed by atoms with Gasteiger partial charge in [0, 0.05) is 43.0 Å². The Morgan fingerprint density at radius 3 is 2.05 bits per heavy atom. The van der Waals surface area contributed by atoms with E-state index in [9.17, 15) is 33.6 Å². The molecule has 0 radical (unpaired) electrons. The first kappa shape index (κ1) is 50.2. The van der Waals surface area contributed by atoms with Gasteiger partial charge in [-0.05, 0) is 86.9 Å². The standard InChI is InChI=1S/C48H70N10O7/c1-5-30(4)41(56-43(60)34(50)25-29(2)3)48(65)58-24-14-21-40(58)47(64)57-23-13-20-39(57)46(63)55-37(26-31-15-7-6-8-16-31)44(61)54-38(27-32-28-52-35-18-10-9-17-33(32)35)45(62)53-36(42(51)59)19-11-12-22-49/h6-10,15-18,28-30,34,36-41,52H,5,11-14,19-27,49-50H2,1-4H3,(H2,51,59)(H,53,62)(H,54,61)(H,55,63)(H,56,60). The third-order valence-electron chi connectivity index (χ3n) is 12.8. The number of nitrogens with one attached hydrogen (secondary N) is 5. The number of nitrogens with two attached hydrogens (primary N) is 3. The van der Waals surface area contributed by atoms with E-state index >= 15 is 0 Å². The Kier molecular flexibility index (Phi) is 18.5. The van der Waals surface area contributed by atoms with Gasteiger partial charge in [-0.25, -0.2) is 0 Å². The van der Waals surface area contributed by atoms with E-state index in [1.165, 1.54) is 9.80 Å². The number of H-pyrrole nitrogens is 1. The summed E-state index contributed by atoms with van der Waals surface area (Å²) in [5.41, 5.74) is 19.9. The molecule has 7 amide bonds. The summed E-state index contributed by atoms with van der Waals surface area (Å²) in [5, 5.41) is 12.3. The molecule has 0 saturated carbocycles. The zero-order chi connectivity index (χ0) is 47.2. The topological polar surface area (TPSA) is 268 Å². The maximum absolute atomic E-state index is 14.5. The molecule has 2 aliphatic rings. The largest absolute Gasteiger partial charge is 0.368 e. The minimum Gasteiger partial charge on any atom is -0.368 e. The van der Waals surface area contributed by atoms with Crippen molar-refractivity contribution >= 4 is 52.3 Å². The van der Waals surface area contributed by atoms with Gasteiger partial charge in [-0.3, -0.25) is 33.6 Å². The highest BCUT2D eigenvalue weighted by molar-refractivity contribution is 5.98. The average Bonchev–Trinajstić information content (AvgIpc) is 4.08. The number of primary amides is 1. The fourth-order valence-electron chi connectivity index (χ4n) is 8.90. The molecular weight excluding hydrogens is 829 g/mol. The Labute approximate surface area is 382 Å². The van der Waals surface area contributed by atoms with Crippen LogP contribution in [0.2, 0.25) is 0 Å². The van der Waals surface area contributed by atoms with Crippen molar-refractivity contribution in [2.24, 2.45) is 29.0 Å². The molecule has 5 rings (SSSR count). The molecule has 8 unspecified atom stereocenters. The van der Waals surface area contributed by atoms with Crippen LogP contribution >= 0.6 is 0 Å². The number of nitrogens with zero attached hydrogens (tertiary/aromatic N) is 2. The first-order valence-electron chi connectivity index (χ1n) is 23.3. The fourth-order valence-corrected chi connectivity index (χ4v) is 8.90. The van der Waals surface area contributed by atoms with Crippen molar-refractivity contribution in [2.75, 3.05) is 19.6 Å². The van der Waals surface area contributed by atoms with E-state index in [4.69, 9.17) is 17.2 Å². The zero-order valence-electron chi connectivity index (χ0n) is 38.4. The molecule has 0 spiro atoms. The van der Waals surface area contributed by atoms with Crippen LogP contribution in [0.1, 0.15) is 96.6 Å². The van der Waals surface area contributed by atoms with Crippen LogP contribution < -0.4 is 38.5 Å². The van der Waals surface area contributed by atoms with Gasteiger partial charge in [-0.1, -0.05) is 82.6 Å². The van der Waals surface area contributed by atoms with E-state index in [1.54, 1.807) is 6.20 Å². The van der Waals surface area contributed by atoms with Crippen LogP contribution in [-0.4, -0.2) is 118 Å². The van der Waals surface area contributed by atoms with Crippen LogP contribution in [0.4, 0.5) is 0 Å². The Bertz CT molecular complexity index is 2110. The maximum atomic E-state index is 14.5. The highest BCUT2D eigenvalue weighted by atomic mass is 16.2. The van der Waals surface area contributed by atoms with Gasteiger partial charge in [0.15, 0.2) is 0 Å². The van der Waals surface area contributed by atoms with Crippen LogP contribution in [0.5, 0.6) is 0 Å². The molecule has 354 valence electrons. The quantitative estimate of drug-likeness (QED) is 0.0646. The fraction of sp³-hybridized carbons (Fsp3) is 0.562. The Morgan fingerprint density at radius 1 is 0.754 bits per heavy atom. The molecule has 2 saturated heterocycles. The van der Waals surface area contributed by atoms with E-state index in [-0.39, 0.29) is 49.5 Å². The molecule has 2 aliphatic heterocycles. The number of unbranched alkanes of at least 4 members (excludes halogenated alkanes) is 1. The van der Waals surface area contributed by atoms with Crippen molar-refractivity contribution in [3.8, 4) is 0 Å². The highest BCUT2D eigenvalue weighted by Crippen LogP contribution is 2.27. The molecule has 8 atom stereocenters. The van der Waals surface area contributed by atoms with Gasteiger partial charge in [0.05, 0.1) is 6.04 Å². The summed E-state index contributed by atoms with van der Waals surface area (Å²) in [6.07, 6.45) is 6.22. The van der Waals surface area contributed by atoms with Gasteiger partial charge in [0.1, 0.15) is 36.3 Å². The number of fused-ring (bicyclic) bond motifs is 1. The van der Waals surface area contributed by atoms with Crippen LogP contribution in [0.25, 0.3) is 10.9 Å². The molecule has 2 fully saturated rings. The first-order chi connectivity index (χ1) is 31.1. The number of benzene rings is 2. The van der Waals surface area contributed by atoms with Crippen molar-refractivity contribution in [1.29, 1.82) is 0 Å². The number of hydrogen-bond acceptors (Lipinski definition) is 9. The molecule has 1 aromatic heterocycles. The van der Waals surface area contributed by atoms with Gasteiger partial charge in [0.25, 0.3) is 0 Å². The molecule has 3 aromatic rings. The summed E-state index contributed by atoms with van der Waals surface area (Å²) in [4.78, 5) is 104. The lowest BCUT2D eigenvalue weighted by Gasteiger charge is -2.35. The third kappa shape index (κ3) is 13.4. The van der Waals surface area contributed by atoms with Crippen LogP contribution in [0, 0.1) is 11.8 Å². The average molecular weight is 899 g/mol. The number of aromatic amines is 1. The van der Waals surface area contributed by atoms with E-state index in [0.29, 0.717) is 64.5 Å². The van der Waals surface area contributed by atoms with E-state index in [2.05, 4.69) is 26.3 Å². The Balaban J connectivity index is 1.36. The maximum Gasteiger partial charge on any atom is 0.246 e. The van der Waals surface area contributed by atoms with E-state index in [0.717, 1.165) is 22.0 Å². The van der Waals surface area contributed by atoms with Gasteiger partial charge in [-0.2, -0.15) is 0 Å². The molecule has 0 bridgehead atoms. The SMILES string of the molecule is CCC(C)C(NC(=O)C(N)CC(C)C)C(=O)N1CCCC1C(=O)N1CCCC1C(=O)NC(Cc1ccccc1)C(=O)NC(Cc1c[nH]c2ccccc12)C(=O)NC(CCCCN)C(N)=O. The van der Waals surface area contributed by atoms with Crippen molar-refractivity contribution in [3.05, 3.63) is 71.9 Å². The third-order valence-corrected chi connectivity index (χ3v) is 12.8. The van der Waals surface area contributed by atoms with Crippen molar-refractivity contribution in [1.82, 2.24) is 36.1 Å². The second-order valence-corrected chi connectivity index (χ2v) is 18.1. The molecule has 11 N–H and O–H groups in total. The Hall–Kier alpha value is -5.81. The summed E-state index contributed by atoms with van der Waals surface area (Å²) < 4.78 is 0. The minimum absolute atomic E-state index is 0.0513. The summed E-state index contributed by atoms with van der Waals surface area (Å²) in [7, 11) is 0. The normalized spacial score (nSPS) is 18.9. The molecule has 3 heterocycles. The van der Waals surface area contributed by atoms with Crippen LogP contribution in [0.15, 0.2) is 60.8 Å². The predicted octanol–water partition coefficient (Wildman–Crippen LogP) is 1.91. The lowest BCUT2D eigenvalue weighted by Crippen LogP contribution is -2.60. The summed E-state index contributed by atoms with van der Waals surface area (Å²) in [6.45, 7) is 8.76. The molecule has 17 nitrogen and oxygen atoms in total. The molecule has 17 heteroatoms. The number of aromatic nitrogens is 1. The Morgan fingerprint density at radius 2 is 1.38 bits per heavy atom. The summed E-state index contributed by atoms with van der Waals surface area (Å²) in [6, 6.07) is 9.87. The number of para-hydroxylation sites is 1.